The van der Waals surface area contributed by atoms with Crippen LogP contribution in [0.2, 0.25) is 5.02 Å². The van der Waals surface area contributed by atoms with Crippen LogP contribution in [0.15, 0.2) is 30.6 Å². The number of halogens is 5. The van der Waals surface area contributed by atoms with Crippen LogP contribution in [0.25, 0.3) is 11.3 Å². The summed E-state index contributed by atoms with van der Waals surface area (Å²) in [6.07, 6.45) is -2.89. The number of nitrogens with zero attached hydrogens (tertiary/aromatic N) is 4. The second-order valence-electron chi connectivity index (χ2n) is 7.14. The Kier molecular flexibility index (Phi) is 6.84. The van der Waals surface area contributed by atoms with Crippen molar-refractivity contribution < 1.29 is 22.4 Å². The van der Waals surface area contributed by atoms with Crippen molar-refractivity contribution in [3.63, 3.8) is 0 Å². The van der Waals surface area contributed by atoms with Gasteiger partial charge in [-0.15, -0.1) is 0 Å². The van der Waals surface area contributed by atoms with Gasteiger partial charge in [0.05, 0.1) is 23.7 Å². The maximum Gasteiger partial charge on any atom is 0.396 e. The van der Waals surface area contributed by atoms with Gasteiger partial charge in [0.15, 0.2) is 0 Å². The number of aromatic amines is 1. The number of H-pyrrole nitrogens is 1. The number of aromatic nitrogens is 4. The van der Waals surface area contributed by atoms with Gasteiger partial charge in [-0.05, 0) is 25.1 Å². The van der Waals surface area contributed by atoms with Crippen LogP contribution in [0.4, 0.5) is 17.6 Å². The number of amides is 1. The van der Waals surface area contributed by atoms with Gasteiger partial charge in [0.2, 0.25) is 5.91 Å². The fraction of sp³-hybridized carbons (Fsp3) is 0.300. The van der Waals surface area contributed by atoms with Crippen molar-refractivity contribution >= 4 is 17.5 Å². The molecule has 0 radical (unpaired) electrons. The fourth-order valence-electron chi connectivity index (χ4n) is 3.05. The molecular formula is C20H17ClF4N6O. The minimum absolute atomic E-state index is 0.0186. The molecule has 12 heteroatoms. The van der Waals surface area contributed by atoms with Crippen molar-refractivity contribution in [2.24, 2.45) is 0 Å². The Morgan fingerprint density at radius 2 is 2.16 bits per heavy atom. The van der Waals surface area contributed by atoms with Crippen molar-refractivity contribution in [2.75, 3.05) is 0 Å². The van der Waals surface area contributed by atoms with E-state index in [-0.39, 0.29) is 34.6 Å². The Hall–Kier alpha value is -3.39. The summed E-state index contributed by atoms with van der Waals surface area (Å²) in [6.45, 7) is 2.03. The van der Waals surface area contributed by atoms with Crippen LogP contribution in [0.1, 0.15) is 24.0 Å². The van der Waals surface area contributed by atoms with Crippen LogP contribution >= 0.6 is 11.6 Å². The molecule has 1 amide bonds. The number of benzene rings is 1. The highest BCUT2D eigenvalue weighted by Gasteiger charge is 2.29. The van der Waals surface area contributed by atoms with Gasteiger partial charge < -0.3 is 10.3 Å². The second-order valence-corrected chi connectivity index (χ2v) is 7.55. The summed E-state index contributed by atoms with van der Waals surface area (Å²) >= 11 is 5.93. The minimum atomic E-state index is -4.39. The van der Waals surface area contributed by atoms with E-state index in [9.17, 15) is 22.4 Å². The van der Waals surface area contributed by atoms with Gasteiger partial charge >= 0.3 is 6.18 Å². The van der Waals surface area contributed by atoms with E-state index in [1.165, 1.54) is 18.3 Å². The molecule has 0 saturated heterocycles. The largest absolute Gasteiger partial charge is 0.396 e. The Bertz CT molecular complexity index is 1140. The van der Waals surface area contributed by atoms with E-state index < -0.39 is 24.3 Å². The summed E-state index contributed by atoms with van der Waals surface area (Å²) in [4.78, 5) is 18.3. The summed E-state index contributed by atoms with van der Waals surface area (Å²) < 4.78 is 52.7. The molecule has 0 saturated carbocycles. The third-order valence-electron chi connectivity index (χ3n) is 4.36. The molecule has 0 aliphatic rings. The van der Waals surface area contributed by atoms with Crippen molar-refractivity contribution in [3.8, 4) is 17.3 Å². The molecule has 2 aromatic heterocycles. The normalized spacial score (nSPS) is 12.4. The summed E-state index contributed by atoms with van der Waals surface area (Å²) in [5, 5.41) is 15.9. The molecule has 32 heavy (non-hydrogen) atoms. The molecule has 0 aliphatic carbocycles. The Balaban J connectivity index is 1.57. The van der Waals surface area contributed by atoms with Crippen molar-refractivity contribution in [1.82, 2.24) is 25.1 Å². The molecule has 168 valence electrons. The van der Waals surface area contributed by atoms with E-state index in [0.29, 0.717) is 17.8 Å². The monoisotopic (exact) mass is 468 g/mol. The zero-order valence-corrected chi connectivity index (χ0v) is 17.4. The lowest BCUT2D eigenvalue weighted by molar-refractivity contribution is -0.128. The van der Waals surface area contributed by atoms with Gasteiger partial charge in [0.25, 0.3) is 0 Å². The lowest BCUT2D eigenvalue weighted by atomic mass is 10.1. The predicted octanol–water partition coefficient (Wildman–Crippen LogP) is 3.79. The smallest absolute Gasteiger partial charge is 0.351 e. The lowest BCUT2D eigenvalue weighted by Crippen LogP contribution is -2.36. The molecule has 2 heterocycles. The SMILES string of the molecule is C[C@@H](Cn1ccc(-c2cc(F)c(C#N)c(Cl)c2)n1)NC(=O)Cc1cnc(CC(F)(F)F)[nH]1. The zero-order valence-electron chi connectivity index (χ0n) is 16.7. The Labute approximate surface area is 185 Å². The van der Waals surface area contributed by atoms with Crippen LogP contribution in [0.3, 0.4) is 0 Å². The molecular weight excluding hydrogens is 452 g/mol. The number of nitriles is 1. The van der Waals surface area contributed by atoms with Crippen LogP contribution in [-0.2, 0) is 24.2 Å². The molecule has 0 bridgehead atoms. The standard InChI is InChI=1S/C20H17ClF4N6O/c1-11(28-19(32)6-13-9-27-18(29-13)7-20(23,24)25)10-31-3-2-17(30-31)12-4-15(21)14(8-26)16(22)5-12/h2-5,9,11H,6-7,10H2,1H3,(H,27,29)(H,28,32)/t11-/m0/s1. The Morgan fingerprint density at radius 3 is 2.81 bits per heavy atom. The molecule has 0 fully saturated rings. The second kappa shape index (κ2) is 9.40. The molecule has 0 spiro atoms. The molecule has 7 nitrogen and oxygen atoms in total. The van der Waals surface area contributed by atoms with Gasteiger partial charge in [-0.3, -0.25) is 9.48 Å². The number of imidazole rings is 1. The van der Waals surface area contributed by atoms with E-state index in [4.69, 9.17) is 16.9 Å². The van der Waals surface area contributed by atoms with E-state index in [2.05, 4.69) is 20.4 Å². The van der Waals surface area contributed by atoms with Crippen molar-refractivity contribution in [1.29, 1.82) is 5.26 Å². The summed E-state index contributed by atoms with van der Waals surface area (Å²) in [7, 11) is 0. The number of hydrogen-bond acceptors (Lipinski definition) is 4. The first-order valence-electron chi connectivity index (χ1n) is 9.36. The molecule has 0 aliphatic heterocycles. The highest BCUT2D eigenvalue weighted by atomic mass is 35.5. The number of carbonyl (C=O) groups excluding carboxylic acids is 1. The maximum absolute atomic E-state index is 14.0. The summed E-state index contributed by atoms with van der Waals surface area (Å²) in [6, 6.07) is 5.59. The highest BCUT2D eigenvalue weighted by Crippen LogP contribution is 2.26. The molecule has 3 rings (SSSR count). The maximum atomic E-state index is 14.0. The number of rotatable bonds is 7. The van der Waals surface area contributed by atoms with Crippen LogP contribution < -0.4 is 5.32 Å². The van der Waals surface area contributed by atoms with Gasteiger partial charge in [-0.2, -0.15) is 23.5 Å². The average molecular weight is 469 g/mol. The van der Waals surface area contributed by atoms with E-state index in [1.54, 1.807) is 29.9 Å². The minimum Gasteiger partial charge on any atom is -0.351 e. The van der Waals surface area contributed by atoms with E-state index >= 15 is 0 Å². The van der Waals surface area contributed by atoms with Gasteiger partial charge in [-0.25, -0.2) is 9.37 Å². The zero-order chi connectivity index (χ0) is 23.5. The van der Waals surface area contributed by atoms with Crippen molar-refractivity contribution in [3.05, 3.63) is 58.5 Å². The number of hydrogen-bond donors (Lipinski definition) is 2. The van der Waals surface area contributed by atoms with Crippen molar-refractivity contribution in [2.45, 2.75) is 38.5 Å². The topological polar surface area (TPSA) is 99.4 Å². The third kappa shape index (κ3) is 6.07. The molecule has 0 unspecified atom stereocenters. The number of carbonyl (C=O) groups is 1. The molecule has 3 aromatic rings. The van der Waals surface area contributed by atoms with Crippen LogP contribution in [-0.4, -0.2) is 37.9 Å². The van der Waals surface area contributed by atoms with Crippen LogP contribution in [0, 0.1) is 17.1 Å². The number of alkyl halides is 3. The predicted molar refractivity (Wildman–Crippen MR) is 107 cm³/mol. The highest BCUT2D eigenvalue weighted by molar-refractivity contribution is 6.32. The van der Waals surface area contributed by atoms with Gasteiger partial charge in [-0.1, -0.05) is 11.6 Å². The van der Waals surface area contributed by atoms with Gasteiger partial charge in [0.1, 0.15) is 29.7 Å². The average Bonchev–Trinajstić information content (AvgIpc) is 3.29. The summed E-state index contributed by atoms with van der Waals surface area (Å²) in [5.41, 5.74) is 0.864. The van der Waals surface area contributed by atoms with Crippen LogP contribution in [0.5, 0.6) is 0 Å². The number of nitrogens with one attached hydrogen (secondary N) is 2. The van der Waals surface area contributed by atoms with E-state index in [0.717, 1.165) is 0 Å². The molecule has 1 aromatic carbocycles. The molecule has 2 N–H and O–H groups in total. The first-order valence-corrected chi connectivity index (χ1v) is 9.73. The third-order valence-corrected chi connectivity index (χ3v) is 4.66. The first kappa shape index (κ1) is 23.3. The lowest BCUT2D eigenvalue weighted by Gasteiger charge is -2.13. The van der Waals surface area contributed by atoms with Gasteiger partial charge in [0, 0.05) is 29.7 Å². The fourth-order valence-corrected chi connectivity index (χ4v) is 3.30. The Morgan fingerprint density at radius 1 is 1.41 bits per heavy atom. The molecule has 1 atom stereocenters. The summed E-state index contributed by atoms with van der Waals surface area (Å²) in [5.74, 6) is -1.40. The first-order chi connectivity index (χ1) is 15.0. The quantitative estimate of drug-likeness (QED) is 0.515. The van der Waals surface area contributed by atoms with E-state index in [1.807, 2.05) is 0 Å².